The summed E-state index contributed by atoms with van der Waals surface area (Å²) < 4.78 is 1.62. The van der Waals surface area contributed by atoms with Gasteiger partial charge in [-0.05, 0) is 29.3 Å². The van der Waals surface area contributed by atoms with Gasteiger partial charge in [-0.1, -0.05) is 48.9 Å². The normalized spacial score (nSPS) is 10.9. The average molecular weight is 281 g/mol. The molecule has 1 N–H and O–H groups in total. The summed E-state index contributed by atoms with van der Waals surface area (Å²) in [5.74, 6) is -1.04. The molecular weight excluding hydrogens is 266 g/mol. The summed E-state index contributed by atoms with van der Waals surface area (Å²) in [6.07, 6.45) is 1.46. The van der Waals surface area contributed by atoms with Gasteiger partial charge >= 0.3 is 5.97 Å². The molecule has 0 spiro atoms. The maximum Gasteiger partial charge on any atom is 0.358 e. The number of nitrogens with zero attached hydrogens (tertiary/aromatic N) is 3. The number of hydrogen-bond donors (Lipinski definition) is 1. The fourth-order valence-corrected chi connectivity index (χ4v) is 2.44. The van der Waals surface area contributed by atoms with Crippen molar-refractivity contribution in [3.63, 3.8) is 0 Å². The fraction of sp³-hybridized carbons (Fsp3) is 0.188. The van der Waals surface area contributed by atoms with Gasteiger partial charge < -0.3 is 5.11 Å². The van der Waals surface area contributed by atoms with Crippen LogP contribution in [0.4, 0.5) is 0 Å². The van der Waals surface area contributed by atoms with Crippen molar-refractivity contribution in [2.75, 3.05) is 0 Å². The molecule has 1 heterocycles. The largest absolute Gasteiger partial charge is 0.476 e. The van der Waals surface area contributed by atoms with E-state index in [4.69, 9.17) is 0 Å². The average Bonchev–Trinajstić information content (AvgIpc) is 2.91. The van der Waals surface area contributed by atoms with E-state index in [0.717, 1.165) is 22.9 Å². The van der Waals surface area contributed by atoms with Gasteiger partial charge in [-0.25, -0.2) is 9.48 Å². The van der Waals surface area contributed by atoms with Gasteiger partial charge in [0.15, 0.2) is 5.69 Å². The summed E-state index contributed by atoms with van der Waals surface area (Å²) in [6, 6.07) is 14.0. The number of hydrogen-bond acceptors (Lipinski definition) is 3. The third-order valence-corrected chi connectivity index (χ3v) is 3.43. The van der Waals surface area contributed by atoms with Crippen molar-refractivity contribution in [1.29, 1.82) is 0 Å². The van der Waals surface area contributed by atoms with Crippen molar-refractivity contribution in [3.8, 4) is 5.69 Å². The SMILES string of the molecule is CCCc1c(C(=O)O)nnn1-c1ccc2ccccc2c1. The monoisotopic (exact) mass is 281 g/mol. The topological polar surface area (TPSA) is 68.0 Å². The number of aromatic nitrogens is 3. The lowest BCUT2D eigenvalue weighted by Crippen LogP contribution is -2.06. The van der Waals surface area contributed by atoms with Crippen molar-refractivity contribution < 1.29 is 9.90 Å². The molecule has 0 aliphatic carbocycles. The lowest BCUT2D eigenvalue weighted by molar-refractivity contribution is 0.0689. The Morgan fingerprint density at radius 2 is 1.95 bits per heavy atom. The molecule has 0 amide bonds. The Bertz CT molecular complexity index is 808. The van der Waals surface area contributed by atoms with E-state index in [-0.39, 0.29) is 5.69 Å². The van der Waals surface area contributed by atoms with Crippen LogP contribution in [0.25, 0.3) is 16.5 Å². The number of carboxylic acids is 1. The second-order valence-electron chi connectivity index (χ2n) is 4.88. The summed E-state index contributed by atoms with van der Waals surface area (Å²) in [5, 5.41) is 19.3. The number of benzene rings is 2. The zero-order chi connectivity index (χ0) is 14.8. The first kappa shape index (κ1) is 13.3. The van der Waals surface area contributed by atoms with Crippen LogP contribution in [0.5, 0.6) is 0 Å². The molecule has 5 heteroatoms. The molecule has 0 aliphatic heterocycles. The van der Waals surface area contributed by atoms with Crippen LogP contribution in [0.3, 0.4) is 0 Å². The van der Waals surface area contributed by atoms with Crippen LogP contribution in [0, 0.1) is 0 Å². The molecule has 0 unspecified atom stereocenters. The fourth-order valence-electron chi connectivity index (χ4n) is 2.44. The zero-order valence-corrected chi connectivity index (χ0v) is 11.7. The van der Waals surface area contributed by atoms with E-state index >= 15 is 0 Å². The molecule has 106 valence electrons. The Morgan fingerprint density at radius 3 is 2.67 bits per heavy atom. The van der Waals surface area contributed by atoms with Crippen LogP contribution in [-0.4, -0.2) is 26.1 Å². The molecule has 0 bridgehead atoms. The number of aromatic carboxylic acids is 1. The highest BCUT2D eigenvalue weighted by molar-refractivity contribution is 5.87. The van der Waals surface area contributed by atoms with E-state index in [2.05, 4.69) is 10.3 Å². The number of fused-ring (bicyclic) bond motifs is 1. The van der Waals surface area contributed by atoms with Crippen molar-refractivity contribution >= 4 is 16.7 Å². The van der Waals surface area contributed by atoms with Crippen LogP contribution >= 0.6 is 0 Å². The maximum atomic E-state index is 11.2. The third-order valence-electron chi connectivity index (χ3n) is 3.43. The summed E-state index contributed by atoms with van der Waals surface area (Å²) in [5.41, 5.74) is 1.50. The van der Waals surface area contributed by atoms with Crippen molar-refractivity contribution in [1.82, 2.24) is 15.0 Å². The molecular formula is C16H15N3O2. The first-order valence-corrected chi connectivity index (χ1v) is 6.87. The van der Waals surface area contributed by atoms with E-state index < -0.39 is 5.97 Å². The quantitative estimate of drug-likeness (QED) is 0.798. The minimum Gasteiger partial charge on any atom is -0.476 e. The van der Waals surface area contributed by atoms with Gasteiger partial charge in [0.25, 0.3) is 0 Å². The van der Waals surface area contributed by atoms with Gasteiger partial charge in [0.2, 0.25) is 0 Å². The molecule has 0 saturated heterocycles. The molecule has 21 heavy (non-hydrogen) atoms. The summed E-state index contributed by atoms with van der Waals surface area (Å²) in [4.78, 5) is 11.2. The third kappa shape index (κ3) is 2.38. The number of rotatable bonds is 4. The van der Waals surface area contributed by atoms with Crippen LogP contribution in [0.15, 0.2) is 42.5 Å². The number of carbonyl (C=O) groups is 1. The predicted octanol–water partition coefficient (Wildman–Crippen LogP) is 3.07. The van der Waals surface area contributed by atoms with Crippen molar-refractivity contribution in [2.45, 2.75) is 19.8 Å². The molecule has 0 atom stereocenters. The summed E-state index contributed by atoms with van der Waals surface area (Å²) >= 11 is 0. The second kappa shape index (κ2) is 5.36. The Labute approximate surface area is 121 Å². The lowest BCUT2D eigenvalue weighted by atomic mass is 10.1. The van der Waals surface area contributed by atoms with Crippen LogP contribution < -0.4 is 0 Å². The smallest absolute Gasteiger partial charge is 0.358 e. The molecule has 3 rings (SSSR count). The summed E-state index contributed by atoms with van der Waals surface area (Å²) in [6.45, 7) is 2.00. The molecule has 2 aromatic carbocycles. The van der Waals surface area contributed by atoms with Gasteiger partial charge in [-0.2, -0.15) is 0 Å². The van der Waals surface area contributed by atoms with E-state index in [1.165, 1.54) is 0 Å². The summed E-state index contributed by atoms with van der Waals surface area (Å²) in [7, 11) is 0. The molecule has 0 fully saturated rings. The van der Waals surface area contributed by atoms with Gasteiger partial charge in [0, 0.05) is 0 Å². The van der Waals surface area contributed by atoms with Crippen LogP contribution in [0.1, 0.15) is 29.5 Å². The number of carboxylic acid groups (broad SMARTS) is 1. The molecule has 0 saturated carbocycles. The molecule has 3 aromatic rings. The predicted molar refractivity (Wildman–Crippen MR) is 79.8 cm³/mol. The zero-order valence-electron chi connectivity index (χ0n) is 11.7. The highest BCUT2D eigenvalue weighted by Crippen LogP contribution is 2.20. The Morgan fingerprint density at radius 1 is 1.19 bits per heavy atom. The minimum atomic E-state index is -1.04. The highest BCUT2D eigenvalue weighted by Gasteiger charge is 2.19. The first-order valence-electron chi connectivity index (χ1n) is 6.87. The lowest BCUT2D eigenvalue weighted by Gasteiger charge is -2.07. The van der Waals surface area contributed by atoms with Gasteiger partial charge in [0.1, 0.15) is 0 Å². The Kier molecular flexibility index (Phi) is 3.39. The van der Waals surface area contributed by atoms with Crippen LogP contribution in [0.2, 0.25) is 0 Å². The van der Waals surface area contributed by atoms with E-state index in [0.29, 0.717) is 12.1 Å². The Balaban J connectivity index is 2.15. The van der Waals surface area contributed by atoms with Gasteiger partial charge in [-0.15, -0.1) is 5.10 Å². The van der Waals surface area contributed by atoms with Gasteiger partial charge in [-0.3, -0.25) is 0 Å². The van der Waals surface area contributed by atoms with Crippen molar-refractivity contribution in [3.05, 3.63) is 53.9 Å². The van der Waals surface area contributed by atoms with E-state index in [1.54, 1.807) is 4.68 Å². The van der Waals surface area contributed by atoms with E-state index in [1.807, 2.05) is 49.4 Å². The van der Waals surface area contributed by atoms with Gasteiger partial charge in [0.05, 0.1) is 11.4 Å². The minimum absolute atomic E-state index is 0.0324. The van der Waals surface area contributed by atoms with Crippen LogP contribution in [-0.2, 0) is 6.42 Å². The molecule has 1 aromatic heterocycles. The standard InChI is InChI=1S/C16H15N3O2/c1-2-5-14-15(16(20)21)17-18-19(14)13-9-8-11-6-3-4-7-12(11)10-13/h3-4,6-10H,2,5H2,1H3,(H,20,21). The first-order chi connectivity index (χ1) is 10.2. The molecule has 5 nitrogen and oxygen atoms in total. The van der Waals surface area contributed by atoms with Crippen molar-refractivity contribution in [2.24, 2.45) is 0 Å². The highest BCUT2D eigenvalue weighted by atomic mass is 16.4. The molecule has 0 radical (unpaired) electrons. The maximum absolute atomic E-state index is 11.2. The molecule has 0 aliphatic rings. The second-order valence-corrected chi connectivity index (χ2v) is 4.88. The Hall–Kier alpha value is -2.69. The van der Waals surface area contributed by atoms with E-state index in [9.17, 15) is 9.90 Å².